The Morgan fingerprint density at radius 2 is 1.02 bits per heavy atom. The van der Waals surface area contributed by atoms with Crippen molar-refractivity contribution in [1.82, 2.24) is 9.80 Å². The van der Waals surface area contributed by atoms with Crippen molar-refractivity contribution >= 4 is 35.5 Å². The topological polar surface area (TPSA) is 229 Å². The summed E-state index contributed by atoms with van der Waals surface area (Å²) in [7, 11) is 0. The number of rotatable bonds is 9. The number of nitrogens with zero attached hydrogens (tertiary/aromatic N) is 4. The molecule has 1 unspecified atom stereocenters. The highest BCUT2D eigenvalue weighted by Gasteiger charge is 2.32. The van der Waals surface area contributed by atoms with Crippen LogP contribution in [-0.2, 0) is 27.4 Å². The molecule has 6 rings (SSSR count). The number of aliphatic hydroxyl groups is 1. The van der Waals surface area contributed by atoms with E-state index in [4.69, 9.17) is 19.3 Å². The van der Waals surface area contributed by atoms with Crippen LogP contribution >= 0.6 is 0 Å². The van der Waals surface area contributed by atoms with Gasteiger partial charge >= 0.3 is 24.1 Å². The fourth-order valence-corrected chi connectivity index (χ4v) is 5.86. The van der Waals surface area contributed by atoms with Gasteiger partial charge in [-0.2, -0.15) is 0 Å². The average Bonchev–Trinajstić information content (AvgIpc) is 3.56. The third-order valence-corrected chi connectivity index (χ3v) is 9.37. The average molecular weight is 851 g/mol. The zero-order chi connectivity index (χ0) is 44.3. The Kier molecular flexibility index (Phi) is 18.0. The highest BCUT2D eigenvalue weighted by atomic mass is 19.1. The Bertz CT molecular complexity index is 2020. The van der Waals surface area contributed by atoms with Gasteiger partial charge in [-0.05, 0) is 54.7 Å². The van der Waals surface area contributed by atoms with E-state index in [1.807, 2.05) is 60.7 Å². The summed E-state index contributed by atoms with van der Waals surface area (Å²) < 4.78 is 43.5. The first kappa shape index (κ1) is 46.7. The number of alkyl halides is 2. The number of non-ortho nitro benzene ring substituents is 2. The molecule has 0 spiro atoms. The molecule has 2 aliphatic heterocycles. The number of aromatic carboxylic acids is 1. The van der Waals surface area contributed by atoms with Gasteiger partial charge in [0.15, 0.2) is 0 Å². The van der Waals surface area contributed by atoms with Crippen molar-refractivity contribution in [3.05, 3.63) is 152 Å². The van der Waals surface area contributed by atoms with Crippen LogP contribution in [0.25, 0.3) is 0 Å². The van der Waals surface area contributed by atoms with Crippen LogP contribution in [0.5, 0.6) is 0 Å². The maximum Gasteiger partial charge on any atom is 0.410 e. The van der Waals surface area contributed by atoms with Crippen molar-refractivity contribution in [2.24, 2.45) is 0 Å². The third-order valence-electron chi connectivity index (χ3n) is 9.37. The molecule has 2 aliphatic rings. The van der Waals surface area contributed by atoms with Gasteiger partial charge in [-0.25, -0.2) is 28.0 Å². The van der Waals surface area contributed by atoms with Gasteiger partial charge in [0.25, 0.3) is 11.4 Å². The Balaban J connectivity index is 0.000000224. The monoisotopic (exact) mass is 850 g/mol. The fourth-order valence-electron chi connectivity index (χ4n) is 5.86. The van der Waals surface area contributed by atoms with Crippen LogP contribution in [0.3, 0.4) is 0 Å². The molecule has 0 aromatic heterocycles. The molecule has 2 fully saturated rings. The van der Waals surface area contributed by atoms with Crippen molar-refractivity contribution < 1.29 is 62.2 Å². The van der Waals surface area contributed by atoms with Crippen LogP contribution in [0.15, 0.2) is 109 Å². The van der Waals surface area contributed by atoms with E-state index >= 15 is 0 Å². The predicted molar refractivity (Wildman–Crippen MR) is 213 cm³/mol. The Morgan fingerprint density at radius 1 is 0.607 bits per heavy atom. The number of esters is 1. The number of carbonyl (C=O) groups excluding carboxylic acids is 3. The first-order valence-electron chi connectivity index (χ1n) is 19.0. The number of hydrogen-bond acceptors (Lipinski definition) is 12. The van der Waals surface area contributed by atoms with Crippen LogP contribution in [0.1, 0.15) is 57.5 Å². The Morgan fingerprint density at radius 3 is 1.46 bits per heavy atom. The van der Waals surface area contributed by atoms with Gasteiger partial charge in [-0.15, -0.1) is 0 Å². The SMILES string of the molecule is O=C(O)c1ccc([N+](=O)[O-])cc1.O=C(OC1CCN(C(=O)OCc2ccccc2)CC[C@@H]1F)c1ccc([N+](=O)[O-])cc1.O=C(OCc1ccccc1)N1CC[C@H](O)[C@@H](F)CC1. The second kappa shape index (κ2) is 23.5. The molecule has 2 amide bonds. The fraction of sp³-hybridized carbons (Fsp3) is 0.333. The van der Waals surface area contributed by atoms with E-state index in [2.05, 4.69) is 0 Å². The first-order chi connectivity index (χ1) is 29.2. The minimum Gasteiger partial charge on any atom is -0.478 e. The molecule has 324 valence electrons. The van der Waals surface area contributed by atoms with E-state index in [1.165, 1.54) is 46.2 Å². The van der Waals surface area contributed by atoms with Gasteiger partial charge in [0.05, 0.1) is 27.1 Å². The number of halogens is 2. The number of hydrogen-bond donors (Lipinski definition) is 2. The molecule has 0 radical (unpaired) electrons. The lowest BCUT2D eigenvalue weighted by atomic mass is 10.1. The van der Waals surface area contributed by atoms with Crippen molar-refractivity contribution in [3.63, 3.8) is 0 Å². The van der Waals surface area contributed by atoms with Crippen LogP contribution in [0, 0.1) is 20.2 Å². The molecule has 2 N–H and O–H groups in total. The van der Waals surface area contributed by atoms with E-state index in [1.54, 1.807) is 0 Å². The lowest BCUT2D eigenvalue weighted by Crippen LogP contribution is -2.33. The summed E-state index contributed by atoms with van der Waals surface area (Å²) in [6.07, 6.45) is -5.14. The number of aliphatic hydroxyl groups excluding tert-OH is 1. The van der Waals surface area contributed by atoms with E-state index in [9.17, 15) is 53.3 Å². The van der Waals surface area contributed by atoms with Crippen LogP contribution in [-0.4, -0.2) is 105 Å². The number of carbonyl (C=O) groups is 4. The van der Waals surface area contributed by atoms with Crippen LogP contribution in [0.4, 0.5) is 29.7 Å². The minimum absolute atomic E-state index is 0.0125. The number of ether oxygens (including phenoxy) is 3. The van der Waals surface area contributed by atoms with Gasteiger partial charge < -0.3 is 34.2 Å². The predicted octanol–water partition coefficient (Wildman–Crippen LogP) is 7.30. The number of carboxylic acid groups (broad SMARTS) is 1. The van der Waals surface area contributed by atoms with Gasteiger partial charge in [0.2, 0.25) is 0 Å². The molecule has 0 saturated carbocycles. The summed E-state index contributed by atoms with van der Waals surface area (Å²) in [6.45, 7) is 1.28. The largest absolute Gasteiger partial charge is 0.478 e. The maximum absolute atomic E-state index is 14.5. The third kappa shape index (κ3) is 15.3. The second-order valence-electron chi connectivity index (χ2n) is 13.7. The number of nitro benzene ring substituents is 2. The Hall–Kier alpha value is -7.02. The van der Waals surface area contributed by atoms with Gasteiger partial charge in [-0.3, -0.25) is 20.2 Å². The number of likely N-dealkylation sites (tertiary alicyclic amines) is 2. The molecule has 17 nitrogen and oxygen atoms in total. The highest BCUT2D eigenvalue weighted by Crippen LogP contribution is 2.22. The second-order valence-corrected chi connectivity index (χ2v) is 13.7. The molecule has 0 aliphatic carbocycles. The minimum atomic E-state index is -1.43. The van der Waals surface area contributed by atoms with Crippen LogP contribution in [0.2, 0.25) is 0 Å². The first-order valence-corrected chi connectivity index (χ1v) is 19.0. The van der Waals surface area contributed by atoms with Crippen molar-refractivity contribution in [3.8, 4) is 0 Å². The standard InChI is InChI=1S/C21H21FN2O6.C14H18FNO3.C7H5NO4/c22-18-10-12-23(21(26)29-14-15-4-2-1-3-5-15)13-11-19(18)30-20(25)16-6-8-17(9-7-16)24(27)28;15-12-6-8-16(9-7-13(12)17)14(18)19-10-11-4-2-1-3-5-11;9-7(10)5-1-3-6(4-2-5)8(11)12/h1-9,18-19H,10-14H2;1-5,12-13,17H,6-10H2;1-4H,(H,9,10)/t18-,19?;12-,13-;/m00./s1. The van der Waals surface area contributed by atoms with Crippen molar-refractivity contribution in [2.45, 2.75) is 63.4 Å². The lowest BCUT2D eigenvalue weighted by molar-refractivity contribution is -0.385. The molecular formula is C42H44F2N4O13. The number of benzene rings is 4. The summed E-state index contributed by atoms with van der Waals surface area (Å²) in [4.78, 5) is 69.2. The molecule has 4 aromatic rings. The number of nitro groups is 2. The molecule has 0 bridgehead atoms. The lowest BCUT2D eigenvalue weighted by Gasteiger charge is -2.20. The molecule has 4 aromatic carbocycles. The zero-order valence-corrected chi connectivity index (χ0v) is 32.7. The summed E-state index contributed by atoms with van der Waals surface area (Å²) in [5.41, 5.74) is 1.62. The smallest absolute Gasteiger partial charge is 0.410 e. The molecule has 19 heteroatoms. The number of amides is 2. The van der Waals surface area contributed by atoms with Crippen molar-refractivity contribution in [2.75, 3.05) is 26.2 Å². The molecule has 61 heavy (non-hydrogen) atoms. The molecule has 4 atom stereocenters. The van der Waals surface area contributed by atoms with Gasteiger partial charge in [-0.1, -0.05) is 60.7 Å². The summed E-state index contributed by atoms with van der Waals surface area (Å²) in [5.74, 6) is -1.86. The molecule has 2 heterocycles. The van der Waals surface area contributed by atoms with E-state index < -0.39 is 58.5 Å². The quantitative estimate of drug-likeness (QED) is 0.0730. The molecular weight excluding hydrogens is 806 g/mol. The van der Waals surface area contributed by atoms with Crippen molar-refractivity contribution in [1.29, 1.82) is 0 Å². The summed E-state index contributed by atoms with van der Waals surface area (Å²) in [6, 6.07) is 28.2. The van der Waals surface area contributed by atoms with Gasteiger partial charge in [0, 0.05) is 56.9 Å². The van der Waals surface area contributed by atoms with Crippen LogP contribution < -0.4 is 0 Å². The number of carboxylic acids is 1. The summed E-state index contributed by atoms with van der Waals surface area (Å²) in [5, 5.41) is 38.7. The van der Waals surface area contributed by atoms with Gasteiger partial charge in [0.1, 0.15) is 31.7 Å². The van der Waals surface area contributed by atoms with E-state index in [0.717, 1.165) is 23.3 Å². The zero-order valence-electron chi connectivity index (χ0n) is 32.7. The van der Waals surface area contributed by atoms with E-state index in [-0.39, 0.29) is 81.0 Å². The Labute approximate surface area is 348 Å². The highest BCUT2D eigenvalue weighted by molar-refractivity contribution is 5.90. The molecule has 2 saturated heterocycles. The normalized spacial score (nSPS) is 18.5. The summed E-state index contributed by atoms with van der Waals surface area (Å²) >= 11 is 0. The van der Waals surface area contributed by atoms with E-state index in [0.29, 0.717) is 6.54 Å². The maximum atomic E-state index is 14.5.